The van der Waals surface area contributed by atoms with E-state index in [0.29, 0.717) is 18.7 Å². The fraction of sp³-hybridized carbons (Fsp3) is 0.348. The standard InChI is InChI=1S/C23H19ClN4O5/c1-11-4-6-15-13(9-11)23(22(31)25-15)19-18(17-3-2-8-26(17)23)20(29)27(21(19)30)16-7-5-12(28(32)33)10-14(16)24/h4-7,9-10,17-19H,2-3,8H2,1H3,(H,25,31)/t17-,18+,19+,23-/m1/s1. The second-order valence-corrected chi connectivity index (χ2v) is 9.49. The summed E-state index contributed by atoms with van der Waals surface area (Å²) in [7, 11) is 0. The second kappa shape index (κ2) is 6.61. The maximum atomic E-state index is 13.9. The van der Waals surface area contributed by atoms with Gasteiger partial charge < -0.3 is 5.32 Å². The third-order valence-electron chi connectivity index (χ3n) is 7.53. The number of imide groups is 1. The summed E-state index contributed by atoms with van der Waals surface area (Å²) in [4.78, 5) is 54.8. The molecule has 0 saturated carbocycles. The summed E-state index contributed by atoms with van der Waals surface area (Å²) in [5.74, 6) is -2.79. The maximum Gasteiger partial charge on any atom is 0.271 e. The Morgan fingerprint density at radius 3 is 2.67 bits per heavy atom. The van der Waals surface area contributed by atoms with Crippen molar-refractivity contribution < 1.29 is 19.3 Å². The number of rotatable bonds is 2. The van der Waals surface area contributed by atoms with Gasteiger partial charge in [-0.3, -0.25) is 29.4 Å². The number of amides is 3. The second-order valence-electron chi connectivity index (χ2n) is 9.08. The van der Waals surface area contributed by atoms with Crippen molar-refractivity contribution in [3.8, 4) is 0 Å². The van der Waals surface area contributed by atoms with Crippen molar-refractivity contribution in [2.24, 2.45) is 11.8 Å². The van der Waals surface area contributed by atoms with Gasteiger partial charge in [0.2, 0.25) is 17.7 Å². The summed E-state index contributed by atoms with van der Waals surface area (Å²) in [5.41, 5.74) is 0.946. The van der Waals surface area contributed by atoms with E-state index in [0.717, 1.165) is 28.5 Å². The predicted octanol–water partition coefficient (Wildman–Crippen LogP) is 2.99. The molecule has 4 heterocycles. The van der Waals surface area contributed by atoms with Crippen LogP contribution < -0.4 is 10.2 Å². The van der Waals surface area contributed by atoms with Crippen LogP contribution in [0.5, 0.6) is 0 Å². The molecule has 0 aliphatic carbocycles. The van der Waals surface area contributed by atoms with E-state index in [1.165, 1.54) is 12.1 Å². The molecule has 3 amide bonds. The molecule has 2 aromatic rings. The van der Waals surface area contributed by atoms with E-state index in [2.05, 4.69) is 5.32 Å². The van der Waals surface area contributed by atoms with Gasteiger partial charge in [-0.1, -0.05) is 29.3 Å². The molecule has 0 unspecified atom stereocenters. The summed E-state index contributed by atoms with van der Waals surface area (Å²) in [6.45, 7) is 2.55. The fourth-order valence-corrected chi connectivity index (χ4v) is 6.60. The molecule has 9 nitrogen and oxygen atoms in total. The number of aryl methyl sites for hydroxylation is 1. The van der Waals surface area contributed by atoms with Crippen LogP contribution in [-0.2, 0) is 19.9 Å². The number of nitrogens with one attached hydrogen (secondary N) is 1. The summed E-state index contributed by atoms with van der Waals surface area (Å²) in [6.07, 6.45) is 1.53. The third kappa shape index (κ3) is 2.38. The minimum atomic E-state index is -1.26. The Hall–Kier alpha value is -3.30. The van der Waals surface area contributed by atoms with Crippen LogP contribution in [0.2, 0.25) is 5.02 Å². The average molecular weight is 467 g/mol. The molecule has 10 heteroatoms. The molecule has 4 aliphatic heterocycles. The number of benzene rings is 2. The first kappa shape index (κ1) is 20.3. The number of carbonyl (C=O) groups is 3. The lowest BCUT2D eigenvalue weighted by atomic mass is 9.75. The van der Waals surface area contributed by atoms with Gasteiger partial charge in [-0.15, -0.1) is 0 Å². The molecule has 0 bridgehead atoms. The van der Waals surface area contributed by atoms with Crippen LogP contribution >= 0.6 is 11.6 Å². The Morgan fingerprint density at radius 1 is 1.15 bits per heavy atom. The number of nitrogens with zero attached hydrogens (tertiary/aromatic N) is 3. The Morgan fingerprint density at radius 2 is 1.94 bits per heavy atom. The molecule has 3 fully saturated rings. The van der Waals surface area contributed by atoms with Crippen LogP contribution in [0.15, 0.2) is 36.4 Å². The van der Waals surface area contributed by atoms with Gasteiger partial charge in [0.25, 0.3) is 5.69 Å². The molecule has 6 rings (SSSR count). The zero-order valence-electron chi connectivity index (χ0n) is 17.6. The van der Waals surface area contributed by atoms with Crippen molar-refractivity contribution in [3.63, 3.8) is 0 Å². The van der Waals surface area contributed by atoms with E-state index >= 15 is 0 Å². The number of non-ortho nitro benzene ring substituents is 1. The largest absolute Gasteiger partial charge is 0.324 e. The highest BCUT2D eigenvalue weighted by molar-refractivity contribution is 6.36. The fourth-order valence-electron chi connectivity index (χ4n) is 6.35. The topological polar surface area (TPSA) is 113 Å². The Balaban J connectivity index is 1.53. The molecule has 168 valence electrons. The van der Waals surface area contributed by atoms with Crippen LogP contribution in [0.4, 0.5) is 17.1 Å². The first-order valence-electron chi connectivity index (χ1n) is 10.8. The molecular formula is C23H19ClN4O5. The van der Waals surface area contributed by atoms with Gasteiger partial charge in [-0.25, -0.2) is 4.90 Å². The molecule has 4 aliphatic rings. The number of hydrogen-bond acceptors (Lipinski definition) is 6. The summed E-state index contributed by atoms with van der Waals surface area (Å²) in [5, 5.41) is 14.0. The Kier molecular flexibility index (Phi) is 4.07. The lowest BCUT2D eigenvalue weighted by Crippen LogP contribution is -2.54. The van der Waals surface area contributed by atoms with Gasteiger partial charge in [-0.2, -0.15) is 0 Å². The third-order valence-corrected chi connectivity index (χ3v) is 7.83. The number of carbonyl (C=O) groups excluding carboxylic acids is 3. The van der Waals surface area contributed by atoms with E-state index in [1.807, 2.05) is 30.0 Å². The van der Waals surface area contributed by atoms with Crippen molar-refractivity contribution in [2.45, 2.75) is 31.3 Å². The van der Waals surface area contributed by atoms with Crippen molar-refractivity contribution >= 4 is 46.4 Å². The Labute approximate surface area is 193 Å². The summed E-state index contributed by atoms with van der Waals surface area (Å²) >= 11 is 6.29. The van der Waals surface area contributed by atoms with Gasteiger partial charge in [-0.05, 0) is 38.4 Å². The molecular weight excluding hydrogens is 448 g/mol. The maximum absolute atomic E-state index is 13.9. The molecule has 3 saturated heterocycles. The zero-order valence-corrected chi connectivity index (χ0v) is 18.3. The number of nitro benzene ring substituents is 1. The molecule has 1 spiro atoms. The smallest absolute Gasteiger partial charge is 0.271 e. The summed E-state index contributed by atoms with van der Waals surface area (Å²) in [6, 6.07) is 9.08. The molecule has 0 aromatic heterocycles. The van der Waals surface area contributed by atoms with Crippen LogP contribution in [-0.4, -0.2) is 40.1 Å². The highest BCUT2D eigenvalue weighted by Gasteiger charge is 2.74. The molecule has 4 atom stereocenters. The van der Waals surface area contributed by atoms with Crippen LogP contribution in [0.25, 0.3) is 0 Å². The van der Waals surface area contributed by atoms with E-state index in [4.69, 9.17) is 11.6 Å². The predicted molar refractivity (Wildman–Crippen MR) is 119 cm³/mol. The lowest BCUT2D eigenvalue weighted by molar-refractivity contribution is -0.384. The van der Waals surface area contributed by atoms with Gasteiger partial charge in [0.1, 0.15) is 5.54 Å². The van der Waals surface area contributed by atoms with Crippen molar-refractivity contribution in [2.75, 3.05) is 16.8 Å². The molecule has 1 N–H and O–H groups in total. The van der Waals surface area contributed by atoms with E-state index in [1.54, 1.807) is 0 Å². The molecule has 33 heavy (non-hydrogen) atoms. The monoisotopic (exact) mass is 466 g/mol. The SMILES string of the molecule is Cc1ccc2c(c1)[C@]1(C(=O)N2)[C@@H]2C(=O)N(c3ccc([N+](=O)[O-])cc3Cl)C(=O)[C@H]2[C@H]2CCCN21. The number of nitro groups is 1. The minimum absolute atomic E-state index is 0.0599. The van der Waals surface area contributed by atoms with Gasteiger partial charge >= 0.3 is 0 Å². The van der Waals surface area contributed by atoms with Crippen LogP contribution in [0, 0.1) is 28.9 Å². The Bertz CT molecular complexity index is 1300. The van der Waals surface area contributed by atoms with Crippen molar-refractivity contribution in [3.05, 3.63) is 62.7 Å². The van der Waals surface area contributed by atoms with E-state index < -0.39 is 34.1 Å². The van der Waals surface area contributed by atoms with E-state index in [9.17, 15) is 24.5 Å². The number of fused-ring (bicyclic) bond motifs is 7. The minimum Gasteiger partial charge on any atom is -0.324 e. The van der Waals surface area contributed by atoms with Gasteiger partial charge in [0.05, 0.1) is 27.5 Å². The van der Waals surface area contributed by atoms with Gasteiger partial charge in [0, 0.05) is 29.4 Å². The zero-order chi connectivity index (χ0) is 23.2. The van der Waals surface area contributed by atoms with Crippen LogP contribution in [0.1, 0.15) is 24.0 Å². The normalized spacial score (nSPS) is 30.1. The lowest BCUT2D eigenvalue weighted by Gasteiger charge is -2.36. The quantitative estimate of drug-likeness (QED) is 0.413. The van der Waals surface area contributed by atoms with E-state index in [-0.39, 0.29) is 28.3 Å². The van der Waals surface area contributed by atoms with Crippen LogP contribution in [0.3, 0.4) is 0 Å². The van der Waals surface area contributed by atoms with Crippen molar-refractivity contribution in [1.82, 2.24) is 4.90 Å². The molecule has 0 radical (unpaired) electrons. The average Bonchev–Trinajstić information content (AvgIpc) is 3.47. The number of hydrogen-bond donors (Lipinski definition) is 1. The first-order chi connectivity index (χ1) is 15.8. The molecule has 2 aromatic carbocycles. The number of halogens is 1. The van der Waals surface area contributed by atoms with Gasteiger partial charge in [0.15, 0.2) is 0 Å². The summed E-state index contributed by atoms with van der Waals surface area (Å²) < 4.78 is 0. The first-order valence-corrected chi connectivity index (χ1v) is 11.2. The van der Waals surface area contributed by atoms with Crippen molar-refractivity contribution in [1.29, 1.82) is 0 Å². The highest BCUT2D eigenvalue weighted by Crippen LogP contribution is 2.61. The number of anilines is 2. The highest BCUT2D eigenvalue weighted by atomic mass is 35.5.